The third-order valence-electron chi connectivity index (χ3n) is 2.86. The van der Waals surface area contributed by atoms with Gasteiger partial charge in [0.25, 0.3) is 0 Å². The van der Waals surface area contributed by atoms with Gasteiger partial charge in [0.2, 0.25) is 0 Å². The van der Waals surface area contributed by atoms with Gasteiger partial charge in [-0.05, 0) is 13.3 Å². The molecule has 2 heteroatoms. The van der Waals surface area contributed by atoms with Gasteiger partial charge >= 0.3 is 0 Å². The SMILES string of the molecule is CCCCCCCCCCCCOC(C)O. The maximum atomic E-state index is 8.87. The number of ether oxygens (including phenoxy) is 1. The summed E-state index contributed by atoms with van der Waals surface area (Å²) in [7, 11) is 0. The lowest BCUT2D eigenvalue weighted by molar-refractivity contribution is -0.0859. The van der Waals surface area contributed by atoms with Crippen LogP contribution in [-0.4, -0.2) is 18.0 Å². The molecule has 0 heterocycles. The number of aliphatic hydroxyl groups is 1. The molecule has 0 amide bonds. The Morgan fingerprint density at radius 1 is 0.812 bits per heavy atom. The molecule has 1 N–H and O–H groups in total. The van der Waals surface area contributed by atoms with Gasteiger partial charge in [-0.1, -0.05) is 64.7 Å². The summed E-state index contributed by atoms with van der Waals surface area (Å²) >= 11 is 0. The van der Waals surface area contributed by atoms with Gasteiger partial charge in [-0.3, -0.25) is 0 Å². The minimum Gasteiger partial charge on any atom is -0.368 e. The molecule has 0 aromatic rings. The van der Waals surface area contributed by atoms with Crippen molar-refractivity contribution in [1.82, 2.24) is 0 Å². The van der Waals surface area contributed by atoms with Crippen LogP contribution in [-0.2, 0) is 4.74 Å². The molecule has 0 fully saturated rings. The van der Waals surface area contributed by atoms with Crippen LogP contribution < -0.4 is 0 Å². The summed E-state index contributed by atoms with van der Waals surface area (Å²) < 4.78 is 5.07. The molecular weight excluding hydrogens is 200 g/mol. The molecule has 98 valence electrons. The fourth-order valence-corrected chi connectivity index (χ4v) is 1.84. The van der Waals surface area contributed by atoms with Crippen molar-refractivity contribution in [2.45, 2.75) is 84.3 Å². The van der Waals surface area contributed by atoms with Crippen molar-refractivity contribution in [2.75, 3.05) is 6.61 Å². The van der Waals surface area contributed by atoms with Crippen LogP contribution in [0.3, 0.4) is 0 Å². The Kier molecular flexibility index (Phi) is 12.9. The van der Waals surface area contributed by atoms with Crippen molar-refractivity contribution < 1.29 is 9.84 Å². The highest BCUT2D eigenvalue weighted by Crippen LogP contribution is 2.10. The van der Waals surface area contributed by atoms with Crippen LogP contribution in [0.5, 0.6) is 0 Å². The number of hydrogen-bond acceptors (Lipinski definition) is 2. The lowest BCUT2D eigenvalue weighted by atomic mass is 10.1. The lowest BCUT2D eigenvalue weighted by Crippen LogP contribution is -2.06. The zero-order valence-corrected chi connectivity index (χ0v) is 11.2. The van der Waals surface area contributed by atoms with Gasteiger partial charge in [0.05, 0.1) is 0 Å². The van der Waals surface area contributed by atoms with Crippen molar-refractivity contribution in [2.24, 2.45) is 0 Å². The first kappa shape index (κ1) is 15.9. The summed E-state index contributed by atoms with van der Waals surface area (Å²) in [4.78, 5) is 0. The summed E-state index contributed by atoms with van der Waals surface area (Å²) in [6.07, 6.45) is 12.8. The first-order valence-corrected chi connectivity index (χ1v) is 7.07. The Morgan fingerprint density at radius 3 is 1.69 bits per heavy atom. The van der Waals surface area contributed by atoms with Gasteiger partial charge in [-0.25, -0.2) is 0 Å². The number of aliphatic hydroxyl groups excluding tert-OH is 1. The quantitative estimate of drug-likeness (QED) is 0.401. The van der Waals surface area contributed by atoms with Crippen molar-refractivity contribution in [3.8, 4) is 0 Å². The van der Waals surface area contributed by atoms with Crippen LogP contribution in [0.15, 0.2) is 0 Å². The van der Waals surface area contributed by atoms with Crippen LogP contribution in [0.4, 0.5) is 0 Å². The highest BCUT2D eigenvalue weighted by atomic mass is 16.6. The molecule has 16 heavy (non-hydrogen) atoms. The van der Waals surface area contributed by atoms with E-state index in [-0.39, 0.29) is 0 Å². The molecule has 0 aromatic heterocycles. The summed E-state index contributed by atoms with van der Waals surface area (Å²) in [5.41, 5.74) is 0. The van der Waals surface area contributed by atoms with E-state index in [1.807, 2.05) is 0 Å². The molecule has 0 spiro atoms. The van der Waals surface area contributed by atoms with E-state index in [2.05, 4.69) is 6.92 Å². The van der Waals surface area contributed by atoms with E-state index in [4.69, 9.17) is 9.84 Å². The Morgan fingerprint density at radius 2 is 1.25 bits per heavy atom. The molecule has 0 saturated carbocycles. The number of rotatable bonds is 12. The topological polar surface area (TPSA) is 29.5 Å². The molecule has 0 aliphatic carbocycles. The molecule has 0 aliphatic heterocycles. The van der Waals surface area contributed by atoms with Gasteiger partial charge in [0.1, 0.15) is 0 Å². The van der Waals surface area contributed by atoms with Gasteiger partial charge in [-0.15, -0.1) is 0 Å². The predicted octanol–water partition coefficient (Wildman–Crippen LogP) is 4.26. The minimum absolute atomic E-state index is 0.599. The third-order valence-corrected chi connectivity index (χ3v) is 2.86. The molecule has 0 aromatic carbocycles. The zero-order chi connectivity index (χ0) is 12.1. The standard InChI is InChI=1S/C14H30O2/c1-3-4-5-6-7-8-9-10-11-12-13-16-14(2)15/h14-15H,3-13H2,1-2H3. The summed E-state index contributed by atoms with van der Waals surface area (Å²) in [6, 6.07) is 0. The number of unbranched alkanes of at least 4 members (excludes halogenated alkanes) is 9. The van der Waals surface area contributed by atoms with Crippen LogP contribution in [0.25, 0.3) is 0 Å². The molecule has 1 atom stereocenters. The second kappa shape index (κ2) is 13.0. The highest BCUT2D eigenvalue weighted by molar-refractivity contribution is 4.47. The maximum Gasteiger partial charge on any atom is 0.151 e. The lowest BCUT2D eigenvalue weighted by Gasteiger charge is -2.06. The maximum absolute atomic E-state index is 8.87. The van der Waals surface area contributed by atoms with Crippen LogP contribution in [0.2, 0.25) is 0 Å². The van der Waals surface area contributed by atoms with E-state index in [0.717, 1.165) is 6.42 Å². The molecule has 0 bridgehead atoms. The highest BCUT2D eigenvalue weighted by Gasteiger charge is 1.95. The number of hydrogen-bond donors (Lipinski definition) is 1. The Balaban J connectivity index is 2.88. The fourth-order valence-electron chi connectivity index (χ4n) is 1.84. The third kappa shape index (κ3) is 13.9. The van der Waals surface area contributed by atoms with E-state index in [0.29, 0.717) is 6.61 Å². The first-order valence-electron chi connectivity index (χ1n) is 7.07. The van der Waals surface area contributed by atoms with Gasteiger partial charge < -0.3 is 9.84 Å². The Hall–Kier alpha value is -0.0800. The summed E-state index contributed by atoms with van der Waals surface area (Å²) in [6.45, 7) is 4.62. The van der Waals surface area contributed by atoms with Crippen molar-refractivity contribution in [3.63, 3.8) is 0 Å². The van der Waals surface area contributed by atoms with E-state index in [9.17, 15) is 0 Å². The molecule has 0 saturated heterocycles. The average Bonchev–Trinajstić information content (AvgIpc) is 2.25. The largest absolute Gasteiger partial charge is 0.368 e. The van der Waals surface area contributed by atoms with Gasteiger partial charge in [0, 0.05) is 6.61 Å². The van der Waals surface area contributed by atoms with E-state index in [1.54, 1.807) is 6.92 Å². The van der Waals surface area contributed by atoms with Crippen LogP contribution in [0, 0.1) is 0 Å². The fraction of sp³-hybridized carbons (Fsp3) is 1.00. The minimum atomic E-state index is -0.599. The zero-order valence-electron chi connectivity index (χ0n) is 11.2. The second-order valence-electron chi connectivity index (χ2n) is 4.65. The van der Waals surface area contributed by atoms with Crippen LogP contribution >= 0.6 is 0 Å². The van der Waals surface area contributed by atoms with Crippen molar-refractivity contribution in [3.05, 3.63) is 0 Å². The molecule has 1 unspecified atom stereocenters. The molecule has 2 nitrogen and oxygen atoms in total. The monoisotopic (exact) mass is 230 g/mol. The van der Waals surface area contributed by atoms with Crippen molar-refractivity contribution >= 4 is 0 Å². The van der Waals surface area contributed by atoms with Gasteiger partial charge in [-0.2, -0.15) is 0 Å². The van der Waals surface area contributed by atoms with E-state index >= 15 is 0 Å². The molecule has 0 rings (SSSR count). The smallest absolute Gasteiger partial charge is 0.151 e. The van der Waals surface area contributed by atoms with E-state index in [1.165, 1.54) is 57.8 Å². The Bertz CT molecular complexity index is 124. The first-order chi connectivity index (χ1) is 7.77. The normalized spacial score (nSPS) is 12.9. The summed E-state index contributed by atoms with van der Waals surface area (Å²) in [5, 5.41) is 8.87. The second-order valence-corrected chi connectivity index (χ2v) is 4.65. The average molecular weight is 230 g/mol. The molecular formula is C14H30O2. The van der Waals surface area contributed by atoms with Crippen molar-refractivity contribution in [1.29, 1.82) is 0 Å². The summed E-state index contributed by atoms with van der Waals surface area (Å²) in [5.74, 6) is 0. The van der Waals surface area contributed by atoms with Crippen LogP contribution in [0.1, 0.15) is 78.1 Å². The Labute approximate surface area is 101 Å². The van der Waals surface area contributed by atoms with E-state index < -0.39 is 6.29 Å². The predicted molar refractivity (Wildman–Crippen MR) is 69.5 cm³/mol. The van der Waals surface area contributed by atoms with Gasteiger partial charge in [0.15, 0.2) is 6.29 Å². The molecule has 0 radical (unpaired) electrons. The molecule has 0 aliphatic rings.